The van der Waals surface area contributed by atoms with Crippen molar-refractivity contribution in [3.05, 3.63) is 70.5 Å². The van der Waals surface area contributed by atoms with Gasteiger partial charge in [0.2, 0.25) is 0 Å². The number of amides is 1. The third kappa shape index (κ3) is 6.62. The Kier molecular flexibility index (Phi) is 8.22. The van der Waals surface area contributed by atoms with Crippen molar-refractivity contribution < 1.29 is 9.18 Å². The van der Waals surface area contributed by atoms with Crippen LogP contribution in [0.3, 0.4) is 0 Å². The standard InChI is InChI=1S/C26H36FN3O/c1-20-11-12-23(16-21(20)2)26(31)30(15-14-28(3)4)18-22-8-7-13-29(17-22)19-24-9-5-6-10-25(24)27/h5-6,9-12,16,22H,7-8,13-15,17-19H2,1-4H3. The fourth-order valence-electron chi connectivity index (χ4n) is 4.28. The number of likely N-dealkylation sites (tertiary alicyclic amines) is 1. The minimum absolute atomic E-state index is 0.108. The van der Waals surface area contributed by atoms with E-state index in [9.17, 15) is 9.18 Å². The first-order valence-corrected chi connectivity index (χ1v) is 11.3. The quantitative estimate of drug-likeness (QED) is 0.629. The highest BCUT2D eigenvalue weighted by Crippen LogP contribution is 2.22. The Bertz CT molecular complexity index is 883. The molecule has 1 unspecified atom stereocenters. The Morgan fingerprint density at radius 1 is 1.10 bits per heavy atom. The maximum Gasteiger partial charge on any atom is 0.253 e. The van der Waals surface area contributed by atoms with E-state index in [1.165, 1.54) is 11.6 Å². The first kappa shape index (κ1) is 23.4. The lowest BCUT2D eigenvalue weighted by Crippen LogP contribution is -2.44. The van der Waals surface area contributed by atoms with Gasteiger partial charge in [0, 0.05) is 43.9 Å². The number of aryl methyl sites for hydroxylation is 2. The zero-order valence-corrected chi connectivity index (χ0v) is 19.4. The summed E-state index contributed by atoms with van der Waals surface area (Å²) in [6, 6.07) is 13.0. The summed E-state index contributed by atoms with van der Waals surface area (Å²) in [5, 5.41) is 0. The van der Waals surface area contributed by atoms with E-state index in [1.54, 1.807) is 6.07 Å². The summed E-state index contributed by atoms with van der Waals surface area (Å²) >= 11 is 0. The van der Waals surface area contributed by atoms with Gasteiger partial charge in [0.05, 0.1) is 0 Å². The molecule has 0 aliphatic carbocycles. The summed E-state index contributed by atoms with van der Waals surface area (Å²) < 4.78 is 14.1. The molecule has 0 aromatic heterocycles. The van der Waals surface area contributed by atoms with Gasteiger partial charge < -0.3 is 9.80 Å². The Hall–Kier alpha value is -2.24. The molecule has 3 rings (SSSR count). The fourth-order valence-corrected chi connectivity index (χ4v) is 4.28. The van der Waals surface area contributed by atoms with Crippen LogP contribution in [-0.4, -0.2) is 67.4 Å². The smallest absolute Gasteiger partial charge is 0.253 e. The number of piperidine rings is 1. The molecule has 31 heavy (non-hydrogen) atoms. The van der Waals surface area contributed by atoms with Gasteiger partial charge in [-0.1, -0.05) is 24.3 Å². The molecule has 1 aliphatic rings. The molecule has 1 fully saturated rings. The predicted octanol–water partition coefficient (Wildman–Crippen LogP) is 4.36. The van der Waals surface area contributed by atoms with Crippen molar-refractivity contribution in [1.82, 2.24) is 14.7 Å². The van der Waals surface area contributed by atoms with Crippen molar-refractivity contribution in [1.29, 1.82) is 0 Å². The molecule has 0 radical (unpaired) electrons. The van der Waals surface area contributed by atoms with Gasteiger partial charge in [0.1, 0.15) is 5.82 Å². The van der Waals surface area contributed by atoms with Gasteiger partial charge in [-0.25, -0.2) is 4.39 Å². The number of carbonyl (C=O) groups excluding carboxylic acids is 1. The van der Waals surface area contributed by atoms with E-state index < -0.39 is 0 Å². The Labute approximate surface area is 186 Å². The molecule has 0 spiro atoms. The van der Waals surface area contributed by atoms with Crippen molar-refractivity contribution in [2.75, 3.05) is 46.8 Å². The molecule has 0 bridgehead atoms. The average Bonchev–Trinajstić information content (AvgIpc) is 2.74. The lowest BCUT2D eigenvalue weighted by atomic mass is 9.96. The Morgan fingerprint density at radius 3 is 2.58 bits per heavy atom. The van der Waals surface area contributed by atoms with Gasteiger partial charge in [0.15, 0.2) is 0 Å². The van der Waals surface area contributed by atoms with Crippen LogP contribution in [0.1, 0.15) is 39.9 Å². The second-order valence-corrected chi connectivity index (χ2v) is 9.19. The van der Waals surface area contributed by atoms with Crippen LogP contribution in [0.15, 0.2) is 42.5 Å². The number of nitrogens with zero attached hydrogens (tertiary/aromatic N) is 3. The van der Waals surface area contributed by atoms with E-state index in [0.717, 1.165) is 55.7 Å². The highest BCUT2D eigenvalue weighted by atomic mass is 19.1. The normalized spacial score (nSPS) is 17.2. The van der Waals surface area contributed by atoms with Gasteiger partial charge in [-0.2, -0.15) is 0 Å². The largest absolute Gasteiger partial charge is 0.337 e. The summed E-state index contributed by atoms with van der Waals surface area (Å²) in [5.74, 6) is 0.372. The average molecular weight is 426 g/mol. The number of rotatable bonds is 8. The molecule has 2 aromatic carbocycles. The molecule has 2 aromatic rings. The summed E-state index contributed by atoms with van der Waals surface area (Å²) in [4.78, 5) is 19.8. The van der Waals surface area contributed by atoms with Crippen LogP contribution in [0.25, 0.3) is 0 Å². The van der Waals surface area contributed by atoms with Crippen LogP contribution in [0.5, 0.6) is 0 Å². The van der Waals surface area contributed by atoms with Gasteiger partial charge in [-0.05, 0) is 82.6 Å². The monoisotopic (exact) mass is 425 g/mol. The molecule has 5 heteroatoms. The number of halogens is 1. The molecule has 1 atom stereocenters. The first-order chi connectivity index (χ1) is 14.8. The van der Waals surface area contributed by atoms with Crippen LogP contribution in [0.4, 0.5) is 4.39 Å². The van der Waals surface area contributed by atoms with Crippen LogP contribution in [0.2, 0.25) is 0 Å². The number of hydrogen-bond acceptors (Lipinski definition) is 3. The Morgan fingerprint density at radius 2 is 1.87 bits per heavy atom. The zero-order chi connectivity index (χ0) is 22.4. The Balaban J connectivity index is 1.68. The van der Waals surface area contributed by atoms with Crippen LogP contribution in [-0.2, 0) is 6.54 Å². The van der Waals surface area contributed by atoms with E-state index >= 15 is 0 Å². The lowest BCUT2D eigenvalue weighted by Gasteiger charge is -2.36. The highest BCUT2D eigenvalue weighted by Gasteiger charge is 2.25. The van der Waals surface area contributed by atoms with Crippen molar-refractivity contribution in [3.63, 3.8) is 0 Å². The minimum Gasteiger partial charge on any atom is -0.337 e. The molecule has 4 nitrogen and oxygen atoms in total. The predicted molar refractivity (Wildman–Crippen MR) is 125 cm³/mol. The van der Waals surface area contributed by atoms with E-state index in [0.29, 0.717) is 19.0 Å². The second-order valence-electron chi connectivity index (χ2n) is 9.19. The van der Waals surface area contributed by atoms with Crippen LogP contribution >= 0.6 is 0 Å². The molecule has 0 N–H and O–H groups in total. The van der Waals surface area contributed by atoms with Gasteiger partial charge >= 0.3 is 0 Å². The fraction of sp³-hybridized carbons (Fsp3) is 0.500. The van der Waals surface area contributed by atoms with Gasteiger partial charge in [-0.3, -0.25) is 9.69 Å². The molecule has 0 saturated carbocycles. The van der Waals surface area contributed by atoms with Crippen molar-refractivity contribution in [2.45, 2.75) is 33.2 Å². The van der Waals surface area contributed by atoms with Crippen molar-refractivity contribution in [3.8, 4) is 0 Å². The summed E-state index contributed by atoms with van der Waals surface area (Å²) in [6.45, 7) is 8.92. The van der Waals surface area contributed by atoms with Gasteiger partial charge in [0.25, 0.3) is 5.91 Å². The number of benzene rings is 2. The van der Waals surface area contributed by atoms with E-state index in [2.05, 4.69) is 23.6 Å². The minimum atomic E-state index is -0.137. The SMILES string of the molecule is Cc1ccc(C(=O)N(CCN(C)C)CC2CCCN(Cc3ccccc3F)C2)cc1C. The molecular weight excluding hydrogens is 389 g/mol. The molecule has 1 aliphatic heterocycles. The third-order valence-corrected chi connectivity index (χ3v) is 6.29. The van der Waals surface area contributed by atoms with Gasteiger partial charge in [-0.15, -0.1) is 0 Å². The van der Waals surface area contributed by atoms with E-state index in [-0.39, 0.29) is 11.7 Å². The zero-order valence-electron chi connectivity index (χ0n) is 19.4. The van der Waals surface area contributed by atoms with Crippen molar-refractivity contribution >= 4 is 5.91 Å². The topological polar surface area (TPSA) is 26.8 Å². The van der Waals surface area contributed by atoms with Crippen molar-refractivity contribution in [2.24, 2.45) is 5.92 Å². The van der Waals surface area contributed by atoms with E-state index in [4.69, 9.17) is 0 Å². The second kappa shape index (κ2) is 10.9. The summed E-state index contributed by atoms with van der Waals surface area (Å²) in [5.41, 5.74) is 3.86. The number of likely N-dealkylation sites (N-methyl/N-ethyl adjacent to an activating group) is 1. The lowest BCUT2D eigenvalue weighted by molar-refractivity contribution is 0.0660. The first-order valence-electron chi connectivity index (χ1n) is 11.3. The highest BCUT2D eigenvalue weighted by molar-refractivity contribution is 5.94. The molecule has 168 valence electrons. The molecule has 1 saturated heterocycles. The van der Waals surface area contributed by atoms with Crippen LogP contribution < -0.4 is 0 Å². The summed E-state index contributed by atoms with van der Waals surface area (Å²) in [6.07, 6.45) is 2.19. The molecular formula is C26H36FN3O. The van der Waals surface area contributed by atoms with E-state index in [1.807, 2.05) is 49.3 Å². The third-order valence-electron chi connectivity index (χ3n) is 6.29. The van der Waals surface area contributed by atoms with Crippen LogP contribution in [0, 0.1) is 25.6 Å². The maximum atomic E-state index is 14.1. The molecule has 1 heterocycles. The maximum absolute atomic E-state index is 14.1. The number of carbonyl (C=O) groups is 1. The molecule has 1 amide bonds. The summed E-state index contributed by atoms with van der Waals surface area (Å²) in [7, 11) is 4.07. The number of hydrogen-bond donors (Lipinski definition) is 0.